The van der Waals surface area contributed by atoms with E-state index in [1.807, 2.05) is 0 Å². The molecule has 0 amide bonds. The minimum atomic E-state index is 0.880. The lowest BCUT2D eigenvalue weighted by molar-refractivity contribution is 0.669. The number of fused-ring (bicyclic) bond motifs is 9. The lowest BCUT2D eigenvalue weighted by atomic mass is 9.90. The molecule has 2 nitrogen and oxygen atoms in total. The van der Waals surface area contributed by atoms with Crippen LogP contribution < -0.4 is 4.90 Å². The van der Waals surface area contributed by atoms with Gasteiger partial charge >= 0.3 is 0 Å². The summed E-state index contributed by atoms with van der Waals surface area (Å²) in [6.07, 6.45) is 0. The molecule has 0 fully saturated rings. The van der Waals surface area contributed by atoms with Gasteiger partial charge in [-0.15, -0.1) is 0 Å². The van der Waals surface area contributed by atoms with Crippen LogP contribution in [0.25, 0.3) is 76.2 Å². The molecule has 0 spiro atoms. The third kappa shape index (κ3) is 4.20. The quantitative estimate of drug-likeness (QED) is 0.184. The molecule has 1 aromatic heterocycles. The lowest BCUT2D eigenvalue weighted by Gasteiger charge is -2.25. The standard InChI is InChI=1S/C46H29NO/c1-2-14-35(15-3-1)47(37-23-25-40-43-26-32-11-4-5-12-33(32)28-44(43)48-45(40)29-37)36-21-18-31(19-22-36)42-27-34-13-7-8-16-38(34)41-24-20-30-10-6-9-17-39(30)46(41)42/h1-29H. The number of rotatable bonds is 4. The van der Waals surface area contributed by atoms with Crippen LogP contribution in [0, 0.1) is 0 Å². The third-order valence-corrected chi connectivity index (χ3v) is 9.78. The zero-order valence-electron chi connectivity index (χ0n) is 26.1. The Morgan fingerprint density at radius 3 is 1.75 bits per heavy atom. The van der Waals surface area contributed by atoms with Gasteiger partial charge in [0.2, 0.25) is 0 Å². The van der Waals surface area contributed by atoms with E-state index in [1.54, 1.807) is 0 Å². The van der Waals surface area contributed by atoms with Crippen LogP contribution in [-0.4, -0.2) is 0 Å². The van der Waals surface area contributed by atoms with Gasteiger partial charge in [0.25, 0.3) is 0 Å². The van der Waals surface area contributed by atoms with Gasteiger partial charge in [0.15, 0.2) is 0 Å². The summed E-state index contributed by atoms with van der Waals surface area (Å²) in [5.41, 5.74) is 7.45. The zero-order valence-corrected chi connectivity index (χ0v) is 26.1. The summed E-state index contributed by atoms with van der Waals surface area (Å²) in [5, 5.41) is 12.3. The van der Waals surface area contributed by atoms with Crippen LogP contribution in [0.3, 0.4) is 0 Å². The topological polar surface area (TPSA) is 16.4 Å². The highest BCUT2D eigenvalue weighted by Gasteiger charge is 2.17. The monoisotopic (exact) mass is 611 g/mol. The molecule has 0 aliphatic rings. The molecule has 224 valence electrons. The molecule has 0 saturated carbocycles. The van der Waals surface area contributed by atoms with Gasteiger partial charge in [-0.3, -0.25) is 0 Å². The van der Waals surface area contributed by atoms with Gasteiger partial charge in [0.05, 0.1) is 0 Å². The van der Waals surface area contributed by atoms with Crippen molar-refractivity contribution >= 4 is 82.1 Å². The molecule has 0 N–H and O–H groups in total. The fraction of sp³-hybridized carbons (Fsp3) is 0. The van der Waals surface area contributed by atoms with Crippen molar-refractivity contribution in [3.63, 3.8) is 0 Å². The zero-order chi connectivity index (χ0) is 31.6. The Morgan fingerprint density at radius 1 is 0.333 bits per heavy atom. The fourth-order valence-electron chi connectivity index (χ4n) is 7.51. The van der Waals surface area contributed by atoms with Crippen molar-refractivity contribution < 1.29 is 4.42 Å². The van der Waals surface area contributed by atoms with Crippen molar-refractivity contribution in [2.24, 2.45) is 0 Å². The summed E-state index contributed by atoms with van der Waals surface area (Å²) in [5.74, 6) is 0. The average Bonchev–Trinajstić information content (AvgIpc) is 3.50. The van der Waals surface area contributed by atoms with Gasteiger partial charge in [-0.1, -0.05) is 115 Å². The minimum absolute atomic E-state index is 0.880. The number of anilines is 3. The van der Waals surface area contributed by atoms with E-state index in [4.69, 9.17) is 4.42 Å². The largest absolute Gasteiger partial charge is 0.456 e. The van der Waals surface area contributed by atoms with Gasteiger partial charge in [-0.25, -0.2) is 0 Å². The molecule has 2 heteroatoms. The number of hydrogen-bond acceptors (Lipinski definition) is 2. The van der Waals surface area contributed by atoms with Gasteiger partial charge in [0, 0.05) is 33.9 Å². The van der Waals surface area contributed by atoms with Crippen LogP contribution in [0.4, 0.5) is 17.1 Å². The fourth-order valence-corrected chi connectivity index (χ4v) is 7.51. The summed E-state index contributed by atoms with van der Waals surface area (Å²) >= 11 is 0. The summed E-state index contributed by atoms with van der Waals surface area (Å²) in [6, 6.07) is 63.3. The summed E-state index contributed by atoms with van der Waals surface area (Å²) in [6.45, 7) is 0. The van der Waals surface area contributed by atoms with E-state index in [-0.39, 0.29) is 0 Å². The lowest BCUT2D eigenvalue weighted by Crippen LogP contribution is -2.09. The predicted molar refractivity (Wildman–Crippen MR) is 204 cm³/mol. The van der Waals surface area contributed by atoms with Crippen LogP contribution in [0.2, 0.25) is 0 Å². The second-order valence-corrected chi connectivity index (χ2v) is 12.6. The van der Waals surface area contributed by atoms with Gasteiger partial charge in [-0.05, 0) is 109 Å². The van der Waals surface area contributed by atoms with Gasteiger partial charge < -0.3 is 9.32 Å². The van der Waals surface area contributed by atoms with Gasteiger partial charge in [0.1, 0.15) is 11.2 Å². The maximum absolute atomic E-state index is 6.48. The van der Waals surface area contributed by atoms with Crippen LogP contribution in [0.5, 0.6) is 0 Å². The molecule has 0 aliphatic heterocycles. The van der Waals surface area contributed by atoms with Crippen molar-refractivity contribution in [2.45, 2.75) is 0 Å². The molecular formula is C46H29NO. The first-order valence-corrected chi connectivity index (χ1v) is 16.4. The summed E-state index contributed by atoms with van der Waals surface area (Å²) in [4.78, 5) is 2.31. The van der Waals surface area contributed by atoms with E-state index in [1.165, 1.54) is 54.2 Å². The average molecular weight is 612 g/mol. The Hall–Kier alpha value is -6.38. The van der Waals surface area contributed by atoms with E-state index in [9.17, 15) is 0 Å². The summed E-state index contributed by atoms with van der Waals surface area (Å²) < 4.78 is 6.48. The SMILES string of the molecule is c1ccc(N(c2ccc(-c3cc4ccccc4c4ccc5ccccc5c34)cc2)c2ccc3c(c2)oc2cc4ccccc4cc23)cc1. The third-order valence-electron chi connectivity index (χ3n) is 9.78. The van der Waals surface area contributed by atoms with Crippen molar-refractivity contribution in [3.8, 4) is 11.1 Å². The molecule has 0 aliphatic carbocycles. The highest BCUT2D eigenvalue weighted by atomic mass is 16.3. The maximum atomic E-state index is 6.48. The Morgan fingerprint density at radius 2 is 0.938 bits per heavy atom. The molecule has 0 radical (unpaired) electrons. The van der Waals surface area contributed by atoms with Crippen molar-refractivity contribution in [1.29, 1.82) is 0 Å². The Labute approximate surface area is 277 Å². The van der Waals surface area contributed by atoms with Crippen molar-refractivity contribution in [2.75, 3.05) is 4.90 Å². The molecule has 0 atom stereocenters. The number of para-hydroxylation sites is 1. The molecule has 48 heavy (non-hydrogen) atoms. The van der Waals surface area contributed by atoms with Crippen molar-refractivity contribution in [1.82, 2.24) is 0 Å². The number of benzene rings is 9. The molecule has 10 rings (SSSR count). The first-order chi connectivity index (χ1) is 23.8. The highest BCUT2D eigenvalue weighted by Crippen LogP contribution is 2.42. The van der Waals surface area contributed by atoms with Crippen LogP contribution in [-0.2, 0) is 0 Å². The first kappa shape index (κ1) is 26.8. The van der Waals surface area contributed by atoms with Crippen LogP contribution in [0.15, 0.2) is 180 Å². The number of furan rings is 1. The highest BCUT2D eigenvalue weighted by molar-refractivity contribution is 6.23. The molecule has 0 unspecified atom stereocenters. The van der Waals surface area contributed by atoms with Crippen LogP contribution in [0.1, 0.15) is 0 Å². The number of hydrogen-bond donors (Lipinski definition) is 0. The first-order valence-electron chi connectivity index (χ1n) is 16.4. The van der Waals surface area contributed by atoms with E-state index < -0.39 is 0 Å². The van der Waals surface area contributed by atoms with E-state index in [0.717, 1.165) is 39.0 Å². The smallest absolute Gasteiger partial charge is 0.137 e. The molecule has 9 aromatic carbocycles. The minimum Gasteiger partial charge on any atom is -0.456 e. The van der Waals surface area contributed by atoms with E-state index in [0.29, 0.717) is 0 Å². The Kier molecular flexibility index (Phi) is 5.91. The molecular weight excluding hydrogens is 583 g/mol. The molecule has 0 bridgehead atoms. The van der Waals surface area contributed by atoms with E-state index in [2.05, 4.69) is 181 Å². The molecule has 10 aromatic rings. The molecule has 0 saturated heterocycles. The van der Waals surface area contributed by atoms with E-state index >= 15 is 0 Å². The summed E-state index contributed by atoms with van der Waals surface area (Å²) in [7, 11) is 0. The normalized spacial score (nSPS) is 11.8. The molecule has 1 heterocycles. The Bertz CT molecular complexity index is 2830. The van der Waals surface area contributed by atoms with Crippen molar-refractivity contribution in [3.05, 3.63) is 176 Å². The second kappa shape index (κ2) is 10.6. The van der Waals surface area contributed by atoms with Crippen LogP contribution >= 0.6 is 0 Å². The Balaban J connectivity index is 1.13. The van der Waals surface area contributed by atoms with Gasteiger partial charge in [-0.2, -0.15) is 0 Å². The second-order valence-electron chi connectivity index (χ2n) is 12.6. The number of nitrogens with zero attached hydrogens (tertiary/aromatic N) is 1. The maximum Gasteiger partial charge on any atom is 0.137 e. The predicted octanol–water partition coefficient (Wildman–Crippen LogP) is 13.3.